The average Bonchev–Trinajstić information content (AvgIpc) is 2.70. The summed E-state index contributed by atoms with van der Waals surface area (Å²) in [6.07, 6.45) is 5.54. The number of nitrogens with one attached hydrogen (secondary N) is 2. The van der Waals surface area contributed by atoms with Crippen molar-refractivity contribution in [3.63, 3.8) is 0 Å². The van der Waals surface area contributed by atoms with Crippen molar-refractivity contribution < 1.29 is 14.2 Å². The molecule has 0 atom stereocenters. The zero-order valence-electron chi connectivity index (χ0n) is 18.6. The topological polar surface area (TPSA) is 64.1 Å². The third-order valence-corrected chi connectivity index (χ3v) is 4.34. The molecule has 29 heavy (non-hydrogen) atoms. The summed E-state index contributed by atoms with van der Waals surface area (Å²) in [5, 5.41) is 6.73. The number of unbranched alkanes of at least 4 members (excludes halogenated alkanes) is 3. The van der Waals surface area contributed by atoms with E-state index >= 15 is 0 Å². The molecular weight excluding hydrogens is 481 g/mol. The lowest BCUT2D eigenvalue weighted by Gasteiger charge is -2.15. The highest BCUT2D eigenvalue weighted by atomic mass is 127. The minimum Gasteiger partial charge on any atom is -0.493 e. The number of ether oxygens (including phenoxy) is 3. The van der Waals surface area contributed by atoms with E-state index in [-0.39, 0.29) is 24.0 Å². The number of hydrogen-bond donors (Lipinski definition) is 2. The Labute approximate surface area is 194 Å². The Morgan fingerprint density at radius 1 is 1.00 bits per heavy atom. The van der Waals surface area contributed by atoms with Gasteiger partial charge in [0.1, 0.15) is 5.75 Å². The second-order valence-electron chi connectivity index (χ2n) is 6.83. The van der Waals surface area contributed by atoms with Crippen molar-refractivity contribution in [1.82, 2.24) is 10.6 Å². The van der Waals surface area contributed by atoms with Gasteiger partial charge < -0.3 is 24.8 Å². The molecule has 0 spiro atoms. The fourth-order valence-corrected chi connectivity index (χ4v) is 2.66. The molecule has 0 radical (unpaired) electrons. The molecule has 0 heterocycles. The number of nitrogens with zero attached hydrogens (tertiary/aromatic N) is 1. The van der Waals surface area contributed by atoms with Gasteiger partial charge in [0.05, 0.1) is 19.8 Å². The molecule has 6 nitrogen and oxygen atoms in total. The van der Waals surface area contributed by atoms with Gasteiger partial charge in [-0.2, -0.15) is 0 Å². The maximum atomic E-state index is 6.02. The smallest absolute Gasteiger partial charge is 0.191 e. The number of benzene rings is 1. The molecule has 2 N–H and O–H groups in total. The Kier molecular flexibility index (Phi) is 18.2. The molecular formula is C22H40IN3O3. The molecule has 0 aliphatic heterocycles. The monoisotopic (exact) mass is 521 g/mol. The number of halogens is 1. The van der Waals surface area contributed by atoms with Crippen molar-refractivity contribution in [1.29, 1.82) is 0 Å². The van der Waals surface area contributed by atoms with Gasteiger partial charge >= 0.3 is 0 Å². The van der Waals surface area contributed by atoms with E-state index in [0.29, 0.717) is 19.8 Å². The summed E-state index contributed by atoms with van der Waals surface area (Å²) in [7, 11) is 3.48. The highest BCUT2D eigenvalue weighted by molar-refractivity contribution is 14.0. The van der Waals surface area contributed by atoms with Crippen LogP contribution in [-0.4, -0.2) is 53.1 Å². The lowest BCUT2D eigenvalue weighted by Crippen LogP contribution is -2.37. The number of aliphatic imine (C=N–C) groups is 1. The van der Waals surface area contributed by atoms with Gasteiger partial charge in [-0.15, -0.1) is 24.0 Å². The molecule has 0 saturated carbocycles. The van der Waals surface area contributed by atoms with E-state index in [2.05, 4.69) is 47.7 Å². The van der Waals surface area contributed by atoms with E-state index < -0.39 is 0 Å². The first-order chi connectivity index (χ1) is 13.7. The minimum atomic E-state index is 0. The standard InChI is InChI=1S/C22H39N3O3.HI/c1-5-6-8-14-28-21-17-19(2)10-11-20(21)18-25-22(23-3)24-12-7-9-13-27-16-15-26-4;/h10-11,17H,5-9,12-16,18H2,1-4H3,(H2,23,24,25);1H. The molecule has 168 valence electrons. The number of methoxy groups -OCH3 is 1. The predicted octanol–water partition coefficient (Wildman–Crippen LogP) is 4.29. The molecule has 1 aromatic carbocycles. The Bertz CT molecular complexity index is 556. The molecule has 0 fully saturated rings. The molecule has 0 amide bonds. The molecule has 1 aromatic rings. The zero-order chi connectivity index (χ0) is 20.5. The van der Waals surface area contributed by atoms with Crippen molar-refractivity contribution >= 4 is 29.9 Å². The number of aryl methyl sites for hydroxylation is 1. The lowest BCUT2D eigenvalue weighted by atomic mass is 10.1. The van der Waals surface area contributed by atoms with Crippen molar-refractivity contribution in [2.24, 2.45) is 4.99 Å². The van der Waals surface area contributed by atoms with Gasteiger partial charge in [0.25, 0.3) is 0 Å². The van der Waals surface area contributed by atoms with Crippen molar-refractivity contribution in [2.45, 2.75) is 52.5 Å². The third-order valence-electron chi connectivity index (χ3n) is 4.34. The Balaban J connectivity index is 0.00000784. The van der Waals surface area contributed by atoms with Crippen molar-refractivity contribution in [2.75, 3.05) is 47.1 Å². The second kappa shape index (κ2) is 18.9. The largest absolute Gasteiger partial charge is 0.493 e. The first-order valence-electron chi connectivity index (χ1n) is 10.4. The van der Waals surface area contributed by atoms with Crippen LogP contribution in [0.3, 0.4) is 0 Å². The van der Waals surface area contributed by atoms with Gasteiger partial charge in [-0.25, -0.2) is 0 Å². The lowest BCUT2D eigenvalue weighted by molar-refractivity contribution is 0.0689. The molecule has 0 aliphatic rings. The van der Waals surface area contributed by atoms with E-state index in [0.717, 1.165) is 56.3 Å². The fraction of sp³-hybridized carbons (Fsp3) is 0.682. The summed E-state index contributed by atoms with van der Waals surface area (Å²) in [5.41, 5.74) is 2.36. The van der Waals surface area contributed by atoms with Gasteiger partial charge in [0.2, 0.25) is 0 Å². The van der Waals surface area contributed by atoms with Gasteiger partial charge in [0, 0.05) is 39.4 Å². The van der Waals surface area contributed by atoms with Gasteiger partial charge in [-0.1, -0.05) is 31.9 Å². The molecule has 7 heteroatoms. The first-order valence-corrected chi connectivity index (χ1v) is 10.4. The Morgan fingerprint density at radius 2 is 1.79 bits per heavy atom. The van der Waals surface area contributed by atoms with E-state index in [1.165, 1.54) is 18.4 Å². The zero-order valence-corrected chi connectivity index (χ0v) is 20.9. The number of hydrogen-bond acceptors (Lipinski definition) is 4. The molecule has 0 saturated heterocycles. The van der Waals surface area contributed by atoms with Crippen LogP contribution in [-0.2, 0) is 16.0 Å². The average molecular weight is 521 g/mol. The Morgan fingerprint density at radius 3 is 2.52 bits per heavy atom. The van der Waals surface area contributed by atoms with Crippen LogP contribution in [0.1, 0.15) is 50.2 Å². The molecule has 1 rings (SSSR count). The maximum Gasteiger partial charge on any atom is 0.191 e. The molecule has 0 aromatic heterocycles. The van der Waals surface area contributed by atoms with Crippen LogP contribution in [0, 0.1) is 6.92 Å². The van der Waals surface area contributed by atoms with Crippen LogP contribution in [0.15, 0.2) is 23.2 Å². The summed E-state index contributed by atoms with van der Waals surface area (Å²) in [6, 6.07) is 6.36. The maximum absolute atomic E-state index is 6.02. The van der Waals surface area contributed by atoms with E-state index in [1.54, 1.807) is 14.2 Å². The summed E-state index contributed by atoms with van der Waals surface area (Å²) in [5.74, 6) is 1.77. The Hall–Kier alpha value is -1.06. The highest BCUT2D eigenvalue weighted by Gasteiger charge is 2.06. The summed E-state index contributed by atoms with van der Waals surface area (Å²) < 4.78 is 16.4. The van der Waals surface area contributed by atoms with Crippen LogP contribution in [0.5, 0.6) is 5.75 Å². The number of rotatable bonds is 15. The predicted molar refractivity (Wildman–Crippen MR) is 132 cm³/mol. The minimum absolute atomic E-state index is 0. The van der Waals surface area contributed by atoms with Crippen LogP contribution in [0.2, 0.25) is 0 Å². The van der Waals surface area contributed by atoms with Crippen LogP contribution in [0.25, 0.3) is 0 Å². The second-order valence-corrected chi connectivity index (χ2v) is 6.83. The SMILES string of the molecule is CCCCCOc1cc(C)ccc1CNC(=NC)NCCCCOCCOC.I. The quantitative estimate of drug-likeness (QED) is 0.156. The first kappa shape index (κ1) is 27.9. The van der Waals surface area contributed by atoms with Gasteiger partial charge in [-0.05, 0) is 37.8 Å². The summed E-state index contributed by atoms with van der Waals surface area (Å²) >= 11 is 0. The summed E-state index contributed by atoms with van der Waals surface area (Å²) in [4.78, 5) is 4.30. The van der Waals surface area contributed by atoms with Crippen molar-refractivity contribution in [3.05, 3.63) is 29.3 Å². The van der Waals surface area contributed by atoms with Crippen LogP contribution < -0.4 is 15.4 Å². The van der Waals surface area contributed by atoms with Crippen LogP contribution in [0.4, 0.5) is 0 Å². The molecule has 0 unspecified atom stereocenters. The normalized spacial score (nSPS) is 11.1. The number of guanidine groups is 1. The van der Waals surface area contributed by atoms with Gasteiger partial charge in [0.15, 0.2) is 5.96 Å². The third kappa shape index (κ3) is 13.7. The highest BCUT2D eigenvalue weighted by Crippen LogP contribution is 2.20. The summed E-state index contributed by atoms with van der Waals surface area (Å²) in [6.45, 7) is 8.68. The van der Waals surface area contributed by atoms with Crippen molar-refractivity contribution in [3.8, 4) is 5.75 Å². The van der Waals surface area contributed by atoms with E-state index in [9.17, 15) is 0 Å². The van der Waals surface area contributed by atoms with E-state index in [1.807, 2.05) is 0 Å². The van der Waals surface area contributed by atoms with Gasteiger partial charge in [-0.3, -0.25) is 4.99 Å². The molecule has 0 bridgehead atoms. The molecule has 0 aliphatic carbocycles. The fourth-order valence-electron chi connectivity index (χ4n) is 2.66. The van der Waals surface area contributed by atoms with E-state index in [4.69, 9.17) is 14.2 Å². The van der Waals surface area contributed by atoms with Crippen LogP contribution >= 0.6 is 24.0 Å².